The molecule has 0 unspecified atom stereocenters. The monoisotopic (exact) mass is 362 g/mol. The van der Waals surface area contributed by atoms with Crippen LogP contribution in [0.3, 0.4) is 0 Å². The minimum absolute atomic E-state index is 0.198. The second kappa shape index (κ2) is 9.03. The lowest BCUT2D eigenvalue weighted by Crippen LogP contribution is -2.49. The molecular formula is C20H30N2O4. The largest absolute Gasteiger partial charge is 0.466 e. The standard InChI is InChI=1S/C20H30N2O4/c1-5-25-18(23)14-16-7-6-8-17(13-16)15-21-9-11-22(12-10-21)19(24)26-20(2,3)4/h6-8,13H,5,9-12,14-15H2,1-4H3. The van der Waals surface area contributed by atoms with E-state index < -0.39 is 5.60 Å². The molecule has 1 aromatic rings. The van der Waals surface area contributed by atoms with Crippen LogP contribution < -0.4 is 0 Å². The summed E-state index contributed by atoms with van der Waals surface area (Å²) in [5, 5.41) is 0. The molecule has 6 heteroatoms. The average molecular weight is 362 g/mol. The molecule has 26 heavy (non-hydrogen) atoms. The number of rotatable bonds is 5. The van der Waals surface area contributed by atoms with Gasteiger partial charge in [0.2, 0.25) is 0 Å². The molecule has 6 nitrogen and oxygen atoms in total. The van der Waals surface area contributed by atoms with E-state index in [0.29, 0.717) is 26.1 Å². The molecule has 1 saturated heterocycles. The van der Waals surface area contributed by atoms with Gasteiger partial charge in [0, 0.05) is 32.7 Å². The summed E-state index contributed by atoms with van der Waals surface area (Å²) in [5.41, 5.74) is 1.67. The van der Waals surface area contributed by atoms with Crippen molar-refractivity contribution in [3.8, 4) is 0 Å². The molecule has 1 aliphatic heterocycles. The number of piperazine rings is 1. The van der Waals surface area contributed by atoms with Crippen LogP contribution in [0.5, 0.6) is 0 Å². The van der Waals surface area contributed by atoms with Crippen LogP contribution in [-0.4, -0.2) is 60.2 Å². The number of carbonyl (C=O) groups is 2. The van der Waals surface area contributed by atoms with E-state index in [4.69, 9.17) is 9.47 Å². The predicted molar refractivity (Wildman–Crippen MR) is 99.9 cm³/mol. The normalized spacial score (nSPS) is 15.6. The molecule has 1 amide bonds. The first-order valence-corrected chi connectivity index (χ1v) is 9.20. The minimum atomic E-state index is -0.465. The van der Waals surface area contributed by atoms with Gasteiger partial charge in [0.1, 0.15) is 5.60 Å². The highest BCUT2D eigenvalue weighted by Crippen LogP contribution is 2.14. The number of benzene rings is 1. The van der Waals surface area contributed by atoms with Crippen molar-refractivity contribution in [1.29, 1.82) is 0 Å². The molecule has 0 N–H and O–H groups in total. The molecule has 1 aromatic carbocycles. The molecular weight excluding hydrogens is 332 g/mol. The Kier molecular flexibility index (Phi) is 7.03. The average Bonchev–Trinajstić information content (AvgIpc) is 2.54. The molecule has 2 rings (SSSR count). The number of ether oxygens (including phenoxy) is 2. The molecule has 0 bridgehead atoms. The number of hydrogen-bond donors (Lipinski definition) is 0. The van der Waals surface area contributed by atoms with E-state index in [9.17, 15) is 9.59 Å². The smallest absolute Gasteiger partial charge is 0.410 e. The third kappa shape index (κ3) is 6.67. The van der Waals surface area contributed by atoms with Crippen LogP contribution >= 0.6 is 0 Å². The maximum Gasteiger partial charge on any atom is 0.410 e. The Hall–Kier alpha value is -2.08. The number of amides is 1. The highest BCUT2D eigenvalue weighted by Gasteiger charge is 2.25. The summed E-state index contributed by atoms with van der Waals surface area (Å²) in [5.74, 6) is -0.198. The molecule has 0 aromatic heterocycles. The van der Waals surface area contributed by atoms with E-state index in [0.717, 1.165) is 30.8 Å². The summed E-state index contributed by atoms with van der Waals surface area (Å²) >= 11 is 0. The lowest BCUT2D eigenvalue weighted by atomic mass is 10.1. The number of esters is 1. The molecule has 1 heterocycles. The van der Waals surface area contributed by atoms with Crippen molar-refractivity contribution in [3.63, 3.8) is 0 Å². The molecule has 0 atom stereocenters. The van der Waals surface area contributed by atoms with Crippen LogP contribution in [0.1, 0.15) is 38.8 Å². The van der Waals surface area contributed by atoms with Gasteiger partial charge in [0.05, 0.1) is 13.0 Å². The van der Waals surface area contributed by atoms with Crippen molar-refractivity contribution in [1.82, 2.24) is 9.80 Å². The summed E-state index contributed by atoms with van der Waals surface area (Å²) in [4.78, 5) is 27.8. The lowest BCUT2D eigenvalue weighted by Gasteiger charge is -2.35. The van der Waals surface area contributed by atoms with Gasteiger partial charge in [0.25, 0.3) is 0 Å². The molecule has 144 valence electrons. The van der Waals surface area contributed by atoms with E-state index in [1.54, 1.807) is 4.90 Å². The topological polar surface area (TPSA) is 59.1 Å². The Balaban J connectivity index is 1.84. The van der Waals surface area contributed by atoms with Gasteiger partial charge < -0.3 is 14.4 Å². The summed E-state index contributed by atoms with van der Waals surface area (Å²) in [6.45, 7) is 11.6. The summed E-state index contributed by atoms with van der Waals surface area (Å²) in [7, 11) is 0. The van der Waals surface area contributed by atoms with Gasteiger partial charge in [-0.2, -0.15) is 0 Å². The van der Waals surface area contributed by atoms with Crippen LogP contribution in [0, 0.1) is 0 Å². The van der Waals surface area contributed by atoms with Gasteiger partial charge in [0.15, 0.2) is 0 Å². The summed E-state index contributed by atoms with van der Waals surface area (Å²) in [6.07, 6.45) is 0.0577. The SMILES string of the molecule is CCOC(=O)Cc1cccc(CN2CCN(C(=O)OC(C)(C)C)CC2)c1. The molecule has 0 radical (unpaired) electrons. The van der Waals surface area contributed by atoms with Gasteiger partial charge >= 0.3 is 12.1 Å². The number of nitrogens with zero attached hydrogens (tertiary/aromatic N) is 2. The number of hydrogen-bond acceptors (Lipinski definition) is 5. The quantitative estimate of drug-likeness (QED) is 0.754. The Labute approximate surface area is 156 Å². The number of carbonyl (C=O) groups excluding carboxylic acids is 2. The van der Waals surface area contributed by atoms with Crippen molar-refractivity contribution in [3.05, 3.63) is 35.4 Å². The van der Waals surface area contributed by atoms with Crippen molar-refractivity contribution < 1.29 is 19.1 Å². The van der Waals surface area contributed by atoms with E-state index >= 15 is 0 Å². The fraction of sp³-hybridized carbons (Fsp3) is 0.600. The van der Waals surface area contributed by atoms with Gasteiger partial charge in [-0.1, -0.05) is 24.3 Å². The summed E-state index contributed by atoms with van der Waals surface area (Å²) in [6, 6.07) is 8.04. The van der Waals surface area contributed by atoms with E-state index in [1.165, 1.54) is 0 Å². The van der Waals surface area contributed by atoms with Gasteiger partial charge in [-0.25, -0.2) is 4.79 Å². The first kappa shape index (κ1) is 20.2. The van der Waals surface area contributed by atoms with Crippen LogP contribution in [0.15, 0.2) is 24.3 Å². The Bertz CT molecular complexity index is 616. The van der Waals surface area contributed by atoms with Crippen LogP contribution in [0.25, 0.3) is 0 Å². The zero-order valence-corrected chi connectivity index (χ0v) is 16.3. The first-order chi connectivity index (χ1) is 12.3. The predicted octanol–water partition coefficient (Wildman–Crippen LogP) is 2.84. The summed E-state index contributed by atoms with van der Waals surface area (Å²) < 4.78 is 10.4. The van der Waals surface area contributed by atoms with Crippen molar-refractivity contribution in [2.75, 3.05) is 32.8 Å². The molecule has 0 saturated carbocycles. The first-order valence-electron chi connectivity index (χ1n) is 9.20. The third-order valence-corrected chi connectivity index (χ3v) is 4.08. The Morgan fingerprint density at radius 1 is 1.08 bits per heavy atom. The van der Waals surface area contributed by atoms with Gasteiger partial charge in [-0.15, -0.1) is 0 Å². The van der Waals surface area contributed by atoms with E-state index in [1.807, 2.05) is 39.8 Å². The molecule has 1 fully saturated rings. The molecule has 0 aliphatic carbocycles. The second-order valence-electron chi connectivity index (χ2n) is 7.55. The van der Waals surface area contributed by atoms with Crippen LogP contribution in [0.2, 0.25) is 0 Å². The van der Waals surface area contributed by atoms with E-state index in [2.05, 4.69) is 17.0 Å². The lowest BCUT2D eigenvalue weighted by molar-refractivity contribution is -0.142. The maximum atomic E-state index is 12.1. The molecule has 0 spiro atoms. The third-order valence-electron chi connectivity index (χ3n) is 4.08. The highest BCUT2D eigenvalue weighted by atomic mass is 16.6. The van der Waals surface area contributed by atoms with E-state index in [-0.39, 0.29) is 12.1 Å². The van der Waals surface area contributed by atoms with Gasteiger partial charge in [-0.05, 0) is 38.8 Å². The molecule has 1 aliphatic rings. The Morgan fingerprint density at radius 2 is 1.73 bits per heavy atom. The van der Waals surface area contributed by atoms with Crippen molar-refractivity contribution in [2.24, 2.45) is 0 Å². The highest BCUT2D eigenvalue weighted by molar-refractivity contribution is 5.72. The second-order valence-corrected chi connectivity index (χ2v) is 7.55. The van der Waals surface area contributed by atoms with Crippen molar-refractivity contribution in [2.45, 2.75) is 46.3 Å². The fourth-order valence-electron chi connectivity index (χ4n) is 2.89. The minimum Gasteiger partial charge on any atom is -0.466 e. The Morgan fingerprint density at radius 3 is 2.35 bits per heavy atom. The zero-order valence-electron chi connectivity index (χ0n) is 16.3. The van der Waals surface area contributed by atoms with Crippen LogP contribution in [0.4, 0.5) is 4.79 Å². The maximum absolute atomic E-state index is 12.1. The van der Waals surface area contributed by atoms with Crippen LogP contribution in [-0.2, 0) is 27.2 Å². The fourth-order valence-corrected chi connectivity index (χ4v) is 2.89. The van der Waals surface area contributed by atoms with Gasteiger partial charge in [-0.3, -0.25) is 9.69 Å². The van der Waals surface area contributed by atoms with Crippen molar-refractivity contribution >= 4 is 12.1 Å². The zero-order chi connectivity index (χ0) is 19.2.